The predicted molar refractivity (Wildman–Crippen MR) is 157 cm³/mol. The van der Waals surface area contributed by atoms with Crippen molar-refractivity contribution in [2.24, 2.45) is 7.05 Å². The van der Waals surface area contributed by atoms with Crippen molar-refractivity contribution in [2.45, 2.75) is 19.3 Å². The van der Waals surface area contributed by atoms with Crippen LogP contribution in [0.4, 0.5) is 14.5 Å². The molecule has 0 saturated carbocycles. The fraction of sp³-hybridized carbons (Fsp3) is 0.400. The molecule has 0 aliphatic carbocycles. The second kappa shape index (κ2) is 13.9. The van der Waals surface area contributed by atoms with Crippen molar-refractivity contribution in [1.29, 1.82) is 5.26 Å². The molecule has 1 N–H and O–H groups in total. The number of aromatic nitrogens is 2. The molecule has 3 aromatic rings. The van der Waals surface area contributed by atoms with E-state index in [1.54, 1.807) is 17.0 Å². The third kappa shape index (κ3) is 7.13. The van der Waals surface area contributed by atoms with E-state index >= 15 is 0 Å². The smallest absolute Gasteiger partial charge is 0.291 e. The fourth-order valence-electron chi connectivity index (χ4n) is 4.95. The summed E-state index contributed by atoms with van der Waals surface area (Å²) in [6.45, 7) is 4.86. The molecule has 1 saturated heterocycles. The first-order valence-electron chi connectivity index (χ1n) is 13.7. The highest BCUT2D eigenvalue weighted by atomic mass is 35.5. The van der Waals surface area contributed by atoms with E-state index in [0.717, 1.165) is 32.6 Å². The number of aryl methyl sites for hydroxylation is 1. The van der Waals surface area contributed by atoms with Crippen molar-refractivity contribution < 1.29 is 18.4 Å². The van der Waals surface area contributed by atoms with E-state index in [4.69, 9.17) is 16.9 Å². The molecule has 4 rings (SSSR count). The first-order chi connectivity index (χ1) is 20.1. The average molecular weight is 598 g/mol. The standard InChI is InChI=1S/C30H34ClF2N7O2/c1-37(2)12-5-13-39-14-16-40(17-15-39)30(42)22-10-8-21(18-24(22)31)36-29(41)28-35-19-25(38(28)3)23-9-7-20(6-4-11-34)26(32)27(23)33/h7-10,18-19H,4-6,12-17H2,1-3H3,(H,36,41). The van der Waals surface area contributed by atoms with Gasteiger partial charge >= 0.3 is 0 Å². The summed E-state index contributed by atoms with van der Waals surface area (Å²) in [6.07, 6.45) is 2.53. The van der Waals surface area contributed by atoms with Gasteiger partial charge in [0.15, 0.2) is 17.5 Å². The van der Waals surface area contributed by atoms with Gasteiger partial charge in [-0.15, -0.1) is 0 Å². The lowest BCUT2D eigenvalue weighted by Gasteiger charge is -2.35. The molecule has 12 heteroatoms. The number of anilines is 1. The maximum Gasteiger partial charge on any atom is 0.291 e. The van der Waals surface area contributed by atoms with Gasteiger partial charge in [-0.2, -0.15) is 5.26 Å². The molecule has 1 fully saturated rings. The summed E-state index contributed by atoms with van der Waals surface area (Å²) >= 11 is 6.46. The Morgan fingerprint density at radius 2 is 1.86 bits per heavy atom. The van der Waals surface area contributed by atoms with Gasteiger partial charge < -0.3 is 19.7 Å². The normalized spacial score (nSPS) is 13.8. The van der Waals surface area contributed by atoms with Crippen molar-refractivity contribution in [1.82, 2.24) is 24.3 Å². The van der Waals surface area contributed by atoms with Crippen LogP contribution in [-0.4, -0.2) is 89.4 Å². The Balaban J connectivity index is 1.40. The summed E-state index contributed by atoms with van der Waals surface area (Å²) in [4.78, 5) is 36.6. The Kier molecular flexibility index (Phi) is 10.3. The Morgan fingerprint density at radius 1 is 1.12 bits per heavy atom. The third-order valence-corrected chi connectivity index (χ3v) is 7.64. The number of nitrogens with zero attached hydrogens (tertiary/aromatic N) is 6. The lowest BCUT2D eigenvalue weighted by Crippen LogP contribution is -2.49. The molecule has 9 nitrogen and oxygen atoms in total. The topological polar surface area (TPSA) is 97.5 Å². The van der Waals surface area contributed by atoms with Gasteiger partial charge in [0.05, 0.1) is 28.5 Å². The zero-order chi connectivity index (χ0) is 30.4. The highest BCUT2D eigenvalue weighted by molar-refractivity contribution is 6.34. The maximum absolute atomic E-state index is 14.8. The zero-order valence-electron chi connectivity index (χ0n) is 24.0. The highest BCUT2D eigenvalue weighted by Gasteiger charge is 2.25. The number of nitrogens with one attached hydrogen (secondary N) is 1. The van der Waals surface area contributed by atoms with Crippen LogP contribution >= 0.6 is 11.6 Å². The molecule has 0 bridgehead atoms. The van der Waals surface area contributed by atoms with E-state index in [9.17, 15) is 18.4 Å². The minimum absolute atomic E-state index is 0.0295. The summed E-state index contributed by atoms with van der Waals surface area (Å²) < 4.78 is 30.8. The van der Waals surface area contributed by atoms with E-state index in [0.29, 0.717) is 24.3 Å². The molecular formula is C30H34ClF2N7O2. The van der Waals surface area contributed by atoms with Gasteiger partial charge in [0, 0.05) is 50.9 Å². The second-order valence-electron chi connectivity index (χ2n) is 10.5. The van der Waals surface area contributed by atoms with Gasteiger partial charge in [0.1, 0.15) is 0 Å². The number of nitriles is 1. The van der Waals surface area contributed by atoms with Crippen LogP contribution in [0.25, 0.3) is 11.3 Å². The largest absolute Gasteiger partial charge is 0.336 e. The number of carbonyl (C=O) groups excluding carboxylic acids is 2. The van der Waals surface area contributed by atoms with Gasteiger partial charge in [-0.3, -0.25) is 14.5 Å². The van der Waals surface area contributed by atoms with Gasteiger partial charge in [0.2, 0.25) is 0 Å². The number of rotatable bonds is 10. The summed E-state index contributed by atoms with van der Waals surface area (Å²) in [6, 6.07) is 9.42. The van der Waals surface area contributed by atoms with Crippen LogP contribution in [0, 0.1) is 23.0 Å². The molecule has 2 aromatic carbocycles. The lowest BCUT2D eigenvalue weighted by molar-refractivity contribution is 0.0634. The monoisotopic (exact) mass is 597 g/mol. The van der Waals surface area contributed by atoms with Crippen LogP contribution in [0.5, 0.6) is 0 Å². The van der Waals surface area contributed by atoms with Gasteiger partial charge in [-0.25, -0.2) is 13.8 Å². The summed E-state index contributed by atoms with van der Waals surface area (Å²) in [7, 11) is 5.63. The Labute approximate surface area is 249 Å². The molecular weight excluding hydrogens is 564 g/mol. The van der Waals surface area contributed by atoms with Crippen molar-refractivity contribution in [2.75, 3.05) is 58.7 Å². The molecule has 42 heavy (non-hydrogen) atoms. The van der Waals surface area contributed by atoms with Crippen molar-refractivity contribution in [3.63, 3.8) is 0 Å². The molecule has 0 atom stereocenters. The molecule has 1 aliphatic rings. The maximum atomic E-state index is 14.8. The van der Waals surface area contributed by atoms with E-state index in [2.05, 4.69) is 34.2 Å². The van der Waals surface area contributed by atoms with Crippen molar-refractivity contribution in [3.8, 4) is 17.3 Å². The summed E-state index contributed by atoms with van der Waals surface area (Å²) in [5.41, 5.74) is 0.971. The van der Waals surface area contributed by atoms with Crippen LogP contribution in [0.3, 0.4) is 0 Å². The number of carbonyl (C=O) groups is 2. The van der Waals surface area contributed by atoms with Gasteiger partial charge in [-0.1, -0.05) is 17.7 Å². The molecule has 1 aliphatic heterocycles. The number of halogens is 3. The second-order valence-corrected chi connectivity index (χ2v) is 10.9. The molecule has 0 spiro atoms. The highest BCUT2D eigenvalue weighted by Crippen LogP contribution is 2.28. The molecule has 1 aromatic heterocycles. The van der Waals surface area contributed by atoms with Crippen LogP contribution in [0.2, 0.25) is 5.02 Å². The molecule has 0 radical (unpaired) electrons. The van der Waals surface area contributed by atoms with Crippen LogP contribution in [-0.2, 0) is 13.5 Å². The minimum Gasteiger partial charge on any atom is -0.336 e. The number of amides is 2. The molecule has 222 valence electrons. The van der Waals surface area contributed by atoms with E-state index in [1.807, 2.05) is 6.07 Å². The summed E-state index contributed by atoms with van der Waals surface area (Å²) in [5, 5.41) is 11.6. The van der Waals surface area contributed by atoms with Gasteiger partial charge in [0.25, 0.3) is 11.8 Å². The predicted octanol–water partition coefficient (Wildman–Crippen LogP) is 4.44. The number of hydrogen-bond acceptors (Lipinski definition) is 6. The van der Waals surface area contributed by atoms with E-state index in [-0.39, 0.29) is 46.4 Å². The first-order valence-corrected chi connectivity index (χ1v) is 14.1. The Morgan fingerprint density at radius 3 is 2.52 bits per heavy atom. The number of hydrogen-bond donors (Lipinski definition) is 1. The van der Waals surface area contributed by atoms with Crippen LogP contribution in [0.1, 0.15) is 39.4 Å². The number of piperazine rings is 1. The van der Waals surface area contributed by atoms with Crippen molar-refractivity contribution in [3.05, 3.63) is 70.1 Å². The average Bonchev–Trinajstić information content (AvgIpc) is 3.34. The molecule has 2 heterocycles. The minimum atomic E-state index is -1.07. The SMILES string of the molecule is CN(C)CCCN1CCN(C(=O)c2ccc(NC(=O)c3ncc(-c4ccc(CCC#N)c(F)c4F)n3C)cc2Cl)CC1. The molecule has 0 unspecified atom stereocenters. The van der Waals surface area contributed by atoms with Gasteiger partial charge in [-0.05, 0) is 69.9 Å². The van der Waals surface area contributed by atoms with Crippen molar-refractivity contribution >= 4 is 29.1 Å². The first kappa shape index (κ1) is 31.1. The fourth-order valence-corrected chi connectivity index (χ4v) is 5.21. The lowest BCUT2D eigenvalue weighted by atomic mass is 10.0. The molecule has 2 amide bonds. The Hall–Kier alpha value is -3.85. The Bertz CT molecular complexity index is 1490. The zero-order valence-corrected chi connectivity index (χ0v) is 24.7. The van der Waals surface area contributed by atoms with E-state index in [1.165, 1.54) is 36.0 Å². The third-order valence-electron chi connectivity index (χ3n) is 7.33. The quantitative estimate of drug-likeness (QED) is 0.371. The van der Waals surface area contributed by atoms with Crippen LogP contribution in [0.15, 0.2) is 36.5 Å². The number of benzene rings is 2. The van der Waals surface area contributed by atoms with E-state index < -0.39 is 17.5 Å². The number of imidazole rings is 1. The van der Waals surface area contributed by atoms with Crippen LogP contribution < -0.4 is 5.32 Å². The summed E-state index contributed by atoms with van der Waals surface area (Å²) in [5.74, 6) is -2.87.